The van der Waals surface area contributed by atoms with E-state index in [1.54, 1.807) is 7.05 Å². The first kappa shape index (κ1) is 15.0. The molecule has 2 rings (SSSR count). The first-order valence-electron chi connectivity index (χ1n) is 7.07. The van der Waals surface area contributed by atoms with Crippen LogP contribution < -0.4 is 10.6 Å². The van der Waals surface area contributed by atoms with Crippen LogP contribution in [0.1, 0.15) is 5.56 Å². The van der Waals surface area contributed by atoms with Crippen molar-refractivity contribution in [1.29, 1.82) is 0 Å². The van der Waals surface area contributed by atoms with Gasteiger partial charge >= 0.3 is 0 Å². The number of likely N-dealkylation sites (N-methyl/N-ethyl adjacent to an activating group) is 1. The average molecular weight is 277 g/mol. The van der Waals surface area contributed by atoms with Gasteiger partial charge in [-0.25, -0.2) is 0 Å². The third-order valence-electron chi connectivity index (χ3n) is 3.34. The molecule has 1 aliphatic rings. The summed E-state index contributed by atoms with van der Waals surface area (Å²) in [7, 11) is 1.76. The van der Waals surface area contributed by atoms with E-state index in [4.69, 9.17) is 4.74 Å². The Bertz CT molecular complexity index is 411. The van der Waals surface area contributed by atoms with Crippen LogP contribution in [0.25, 0.3) is 0 Å². The number of benzene rings is 1. The predicted molar refractivity (Wildman–Crippen MR) is 78.4 cm³/mol. The second-order valence-electron chi connectivity index (χ2n) is 5.05. The van der Waals surface area contributed by atoms with Crippen LogP contribution in [0.3, 0.4) is 0 Å². The van der Waals surface area contributed by atoms with Gasteiger partial charge in [-0.15, -0.1) is 0 Å². The summed E-state index contributed by atoms with van der Waals surface area (Å²) in [4.78, 5) is 13.8. The molecule has 1 saturated heterocycles. The Balaban J connectivity index is 1.75. The fourth-order valence-electron chi connectivity index (χ4n) is 2.34. The van der Waals surface area contributed by atoms with Crippen molar-refractivity contribution in [3.8, 4) is 0 Å². The molecule has 1 unspecified atom stereocenters. The lowest BCUT2D eigenvalue weighted by Crippen LogP contribution is -2.48. The molecule has 1 aliphatic heterocycles. The Morgan fingerprint density at radius 1 is 1.40 bits per heavy atom. The highest BCUT2D eigenvalue weighted by molar-refractivity contribution is 5.77. The lowest BCUT2D eigenvalue weighted by Gasteiger charge is -2.33. The molecule has 1 atom stereocenters. The van der Waals surface area contributed by atoms with E-state index in [0.29, 0.717) is 13.1 Å². The quantitative estimate of drug-likeness (QED) is 0.781. The van der Waals surface area contributed by atoms with Crippen LogP contribution in [0.5, 0.6) is 0 Å². The molecule has 0 aromatic heterocycles. The summed E-state index contributed by atoms with van der Waals surface area (Å²) in [5, 5.41) is 5.72. The maximum absolute atomic E-state index is 11.4. The standard InChI is InChI=1S/C15H23N3O2/c1-16-10-15(19)17-9-14-12-18(7-8-20-14)11-13-5-3-2-4-6-13/h2-6,14,16H,7-12H2,1H3,(H,17,19). The number of carbonyl (C=O) groups is 1. The normalized spacial score (nSPS) is 19.8. The van der Waals surface area contributed by atoms with Gasteiger partial charge in [0.1, 0.15) is 0 Å². The van der Waals surface area contributed by atoms with Crippen molar-refractivity contribution in [3.05, 3.63) is 35.9 Å². The smallest absolute Gasteiger partial charge is 0.234 e. The third-order valence-corrected chi connectivity index (χ3v) is 3.34. The zero-order valence-electron chi connectivity index (χ0n) is 12.0. The summed E-state index contributed by atoms with van der Waals surface area (Å²) >= 11 is 0. The minimum atomic E-state index is 0.0104. The maximum atomic E-state index is 11.4. The Kier molecular flexibility index (Phi) is 5.98. The van der Waals surface area contributed by atoms with Gasteiger partial charge in [0.15, 0.2) is 0 Å². The molecule has 1 amide bonds. The van der Waals surface area contributed by atoms with Gasteiger partial charge in [-0.1, -0.05) is 30.3 Å². The third kappa shape index (κ3) is 4.92. The van der Waals surface area contributed by atoms with Gasteiger partial charge < -0.3 is 15.4 Å². The number of hydrogen-bond donors (Lipinski definition) is 2. The molecular weight excluding hydrogens is 254 g/mol. The number of carbonyl (C=O) groups excluding carboxylic acids is 1. The summed E-state index contributed by atoms with van der Waals surface area (Å²) in [6.45, 7) is 4.38. The monoisotopic (exact) mass is 277 g/mol. The van der Waals surface area contributed by atoms with E-state index < -0.39 is 0 Å². The molecule has 0 saturated carbocycles. The van der Waals surface area contributed by atoms with Gasteiger partial charge in [-0.3, -0.25) is 9.69 Å². The summed E-state index contributed by atoms with van der Waals surface area (Å²) < 4.78 is 5.70. The van der Waals surface area contributed by atoms with Gasteiger partial charge in [-0.2, -0.15) is 0 Å². The molecule has 1 aromatic rings. The highest BCUT2D eigenvalue weighted by Crippen LogP contribution is 2.09. The zero-order chi connectivity index (χ0) is 14.2. The van der Waals surface area contributed by atoms with E-state index >= 15 is 0 Å². The molecule has 0 aliphatic carbocycles. The SMILES string of the molecule is CNCC(=O)NCC1CN(Cc2ccccc2)CCO1. The molecule has 1 heterocycles. The second kappa shape index (κ2) is 7.99. The van der Waals surface area contributed by atoms with Crippen LogP contribution in [-0.2, 0) is 16.1 Å². The van der Waals surface area contributed by atoms with E-state index in [2.05, 4.69) is 39.8 Å². The minimum absolute atomic E-state index is 0.0104. The Morgan fingerprint density at radius 3 is 2.95 bits per heavy atom. The topological polar surface area (TPSA) is 53.6 Å². The van der Waals surface area contributed by atoms with Crippen molar-refractivity contribution in [2.45, 2.75) is 12.6 Å². The van der Waals surface area contributed by atoms with Crippen molar-refractivity contribution in [2.75, 3.05) is 39.8 Å². The van der Waals surface area contributed by atoms with Crippen LogP contribution in [0.2, 0.25) is 0 Å². The van der Waals surface area contributed by atoms with E-state index in [1.165, 1.54) is 5.56 Å². The Hall–Kier alpha value is -1.43. The van der Waals surface area contributed by atoms with Crippen LogP contribution >= 0.6 is 0 Å². The summed E-state index contributed by atoms with van der Waals surface area (Å²) in [5.74, 6) is 0.0104. The van der Waals surface area contributed by atoms with Gasteiger partial charge in [0.05, 0.1) is 19.3 Å². The molecule has 0 bridgehead atoms. The average Bonchev–Trinajstić information content (AvgIpc) is 2.47. The summed E-state index contributed by atoms with van der Waals surface area (Å²) in [6.07, 6.45) is 0.0771. The van der Waals surface area contributed by atoms with Crippen LogP contribution in [0.4, 0.5) is 0 Å². The second-order valence-corrected chi connectivity index (χ2v) is 5.05. The fourth-order valence-corrected chi connectivity index (χ4v) is 2.34. The number of morpholine rings is 1. The van der Waals surface area contributed by atoms with Crippen molar-refractivity contribution in [1.82, 2.24) is 15.5 Å². The first-order chi connectivity index (χ1) is 9.78. The number of nitrogens with zero attached hydrogens (tertiary/aromatic N) is 1. The lowest BCUT2D eigenvalue weighted by atomic mass is 10.2. The molecular formula is C15H23N3O2. The molecule has 5 heteroatoms. The van der Waals surface area contributed by atoms with E-state index in [1.807, 2.05) is 6.07 Å². The predicted octanol–water partition coefficient (Wildman–Crippen LogP) is 0.223. The molecule has 1 fully saturated rings. The maximum Gasteiger partial charge on any atom is 0.234 e. The molecule has 20 heavy (non-hydrogen) atoms. The van der Waals surface area contributed by atoms with Crippen LogP contribution in [0.15, 0.2) is 30.3 Å². The molecule has 5 nitrogen and oxygen atoms in total. The molecule has 0 radical (unpaired) electrons. The molecule has 1 aromatic carbocycles. The molecule has 2 N–H and O–H groups in total. The van der Waals surface area contributed by atoms with E-state index in [-0.39, 0.29) is 12.0 Å². The van der Waals surface area contributed by atoms with Gasteiger partial charge in [0.25, 0.3) is 0 Å². The molecule has 0 spiro atoms. The number of nitrogens with one attached hydrogen (secondary N) is 2. The van der Waals surface area contributed by atoms with Gasteiger partial charge in [-0.05, 0) is 12.6 Å². The van der Waals surface area contributed by atoms with Crippen LogP contribution in [-0.4, -0.2) is 56.7 Å². The van der Waals surface area contributed by atoms with Crippen LogP contribution in [0, 0.1) is 0 Å². The van der Waals surface area contributed by atoms with Gasteiger partial charge in [0.2, 0.25) is 5.91 Å². The zero-order valence-corrected chi connectivity index (χ0v) is 12.0. The first-order valence-corrected chi connectivity index (χ1v) is 7.07. The fraction of sp³-hybridized carbons (Fsp3) is 0.533. The van der Waals surface area contributed by atoms with Crippen molar-refractivity contribution >= 4 is 5.91 Å². The van der Waals surface area contributed by atoms with E-state index in [9.17, 15) is 4.79 Å². The number of ether oxygens (including phenoxy) is 1. The Labute approximate surface area is 120 Å². The number of rotatable bonds is 6. The highest BCUT2D eigenvalue weighted by Gasteiger charge is 2.20. The van der Waals surface area contributed by atoms with Gasteiger partial charge in [0, 0.05) is 26.2 Å². The van der Waals surface area contributed by atoms with Crippen molar-refractivity contribution in [2.24, 2.45) is 0 Å². The Morgan fingerprint density at radius 2 is 2.20 bits per heavy atom. The van der Waals surface area contributed by atoms with E-state index in [0.717, 1.165) is 26.2 Å². The number of amides is 1. The van der Waals surface area contributed by atoms with Crippen molar-refractivity contribution in [3.63, 3.8) is 0 Å². The summed E-state index contributed by atoms with van der Waals surface area (Å²) in [5.41, 5.74) is 1.31. The summed E-state index contributed by atoms with van der Waals surface area (Å²) in [6, 6.07) is 10.4. The van der Waals surface area contributed by atoms with Crippen molar-refractivity contribution < 1.29 is 9.53 Å². The minimum Gasteiger partial charge on any atom is -0.374 e. The highest BCUT2D eigenvalue weighted by atomic mass is 16.5. The number of hydrogen-bond acceptors (Lipinski definition) is 4. The lowest BCUT2D eigenvalue weighted by molar-refractivity contribution is -0.121. The largest absolute Gasteiger partial charge is 0.374 e. The molecule has 110 valence electrons.